The standard InChI is InChI=1S/C19H17FN2O3S/c1-24-16-5-2-4-14(12-16)18-21-22-19(25-18)26-11-3-6-17(23)13-7-9-15(20)10-8-13/h2,4-5,7-10,12H,3,6,11H2,1H3. The molecule has 3 aromatic rings. The van der Waals surface area contributed by atoms with Crippen LogP contribution in [0, 0.1) is 5.82 Å². The van der Waals surface area contributed by atoms with Crippen LogP contribution >= 0.6 is 11.8 Å². The molecule has 0 atom stereocenters. The zero-order valence-electron chi connectivity index (χ0n) is 14.1. The van der Waals surface area contributed by atoms with Crippen LogP contribution in [0.1, 0.15) is 23.2 Å². The molecule has 0 aliphatic heterocycles. The second-order valence-electron chi connectivity index (χ2n) is 5.49. The van der Waals surface area contributed by atoms with Gasteiger partial charge in [-0.15, -0.1) is 10.2 Å². The third kappa shape index (κ3) is 4.70. The molecular formula is C19H17FN2O3S. The molecule has 0 amide bonds. The van der Waals surface area contributed by atoms with E-state index in [9.17, 15) is 9.18 Å². The Morgan fingerprint density at radius 3 is 2.77 bits per heavy atom. The number of aromatic nitrogens is 2. The lowest BCUT2D eigenvalue weighted by Crippen LogP contribution is -1.99. The van der Waals surface area contributed by atoms with E-state index in [1.807, 2.05) is 24.3 Å². The Balaban J connectivity index is 1.49. The number of halogens is 1. The minimum absolute atomic E-state index is 0.00630. The third-order valence-corrected chi connectivity index (χ3v) is 4.57. The summed E-state index contributed by atoms with van der Waals surface area (Å²) in [5, 5.41) is 8.50. The molecule has 0 unspecified atom stereocenters. The Labute approximate surface area is 154 Å². The SMILES string of the molecule is COc1cccc(-c2nnc(SCCCC(=O)c3ccc(F)cc3)o2)c1. The van der Waals surface area contributed by atoms with Gasteiger partial charge < -0.3 is 9.15 Å². The smallest absolute Gasteiger partial charge is 0.276 e. The van der Waals surface area contributed by atoms with Gasteiger partial charge in [-0.25, -0.2) is 4.39 Å². The third-order valence-electron chi connectivity index (χ3n) is 3.66. The predicted octanol–water partition coefficient (Wildman–Crippen LogP) is 4.64. The number of ether oxygens (including phenoxy) is 1. The van der Waals surface area contributed by atoms with Crippen molar-refractivity contribution >= 4 is 17.5 Å². The van der Waals surface area contributed by atoms with Crippen molar-refractivity contribution in [3.63, 3.8) is 0 Å². The minimum Gasteiger partial charge on any atom is -0.497 e. The summed E-state index contributed by atoms with van der Waals surface area (Å²) in [5.74, 6) is 1.46. The maximum absolute atomic E-state index is 12.9. The molecule has 0 aliphatic carbocycles. The van der Waals surface area contributed by atoms with Gasteiger partial charge in [0.25, 0.3) is 5.22 Å². The number of methoxy groups -OCH3 is 1. The molecule has 1 aromatic heterocycles. The second kappa shape index (κ2) is 8.62. The van der Waals surface area contributed by atoms with Gasteiger partial charge in [0.1, 0.15) is 11.6 Å². The molecule has 26 heavy (non-hydrogen) atoms. The number of hydrogen-bond donors (Lipinski definition) is 0. The molecule has 0 N–H and O–H groups in total. The molecule has 3 rings (SSSR count). The van der Waals surface area contributed by atoms with E-state index in [4.69, 9.17) is 9.15 Å². The summed E-state index contributed by atoms with van der Waals surface area (Å²) in [6, 6.07) is 13.0. The molecule has 134 valence electrons. The molecule has 5 nitrogen and oxygen atoms in total. The fourth-order valence-electron chi connectivity index (χ4n) is 2.31. The van der Waals surface area contributed by atoms with Gasteiger partial charge in [-0.05, 0) is 48.9 Å². The minimum atomic E-state index is -0.347. The number of rotatable bonds is 8. The van der Waals surface area contributed by atoms with Crippen molar-refractivity contribution in [1.29, 1.82) is 0 Å². The Bertz CT molecular complexity index is 881. The van der Waals surface area contributed by atoms with Gasteiger partial charge in [-0.2, -0.15) is 0 Å². The van der Waals surface area contributed by atoms with Crippen LogP contribution in [0.15, 0.2) is 58.2 Å². The first-order valence-electron chi connectivity index (χ1n) is 8.05. The van der Waals surface area contributed by atoms with Gasteiger partial charge in [-0.3, -0.25) is 4.79 Å². The largest absolute Gasteiger partial charge is 0.497 e. The molecule has 0 saturated heterocycles. The molecule has 0 saturated carbocycles. The molecule has 0 spiro atoms. The molecule has 0 radical (unpaired) electrons. The van der Waals surface area contributed by atoms with E-state index >= 15 is 0 Å². The Morgan fingerprint density at radius 1 is 1.19 bits per heavy atom. The summed E-state index contributed by atoms with van der Waals surface area (Å²) in [6.07, 6.45) is 1.05. The highest BCUT2D eigenvalue weighted by Gasteiger charge is 2.11. The van der Waals surface area contributed by atoms with Crippen molar-refractivity contribution in [2.45, 2.75) is 18.1 Å². The zero-order valence-corrected chi connectivity index (χ0v) is 15.0. The number of benzene rings is 2. The van der Waals surface area contributed by atoms with Gasteiger partial charge in [-0.1, -0.05) is 17.8 Å². The molecule has 7 heteroatoms. The highest BCUT2D eigenvalue weighted by molar-refractivity contribution is 7.99. The van der Waals surface area contributed by atoms with E-state index in [1.165, 1.54) is 36.0 Å². The van der Waals surface area contributed by atoms with Gasteiger partial charge >= 0.3 is 0 Å². The van der Waals surface area contributed by atoms with Crippen LogP contribution in [0.2, 0.25) is 0 Å². The van der Waals surface area contributed by atoms with Crippen molar-refractivity contribution in [3.05, 3.63) is 59.9 Å². The number of thioether (sulfide) groups is 1. The first kappa shape index (κ1) is 18.1. The summed E-state index contributed by atoms with van der Waals surface area (Å²) in [6.45, 7) is 0. The summed E-state index contributed by atoms with van der Waals surface area (Å²) in [7, 11) is 1.60. The average Bonchev–Trinajstić information content (AvgIpc) is 3.14. The van der Waals surface area contributed by atoms with E-state index in [0.29, 0.717) is 41.0 Å². The van der Waals surface area contributed by atoms with Crippen molar-refractivity contribution in [2.24, 2.45) is 0 Å². The van der Waals surface area contributed by atoms with Crippen LogP contribution in [-0.4, -0.2) is 28.8 Å². The van der Waals surface area contributed by atoms with E-state index < -0.39 is 0 Å². The predicted molar refractivity (Wildman–Crippen MR) is 97.0 cm³/mol. The fraction of sp³-hybridized carbons (Fsp3) is 0.211. The average molecular weight is 372 g/mol. The van der Waals surface area contributed by atoms with Gasteiger partial charge in [0.05, 0.1) is 7.11 Å². The summed E-state index contributed by atoms with van der Waals surface area (Å²) in [4.78, 5) is 12.0. The van der Waals surface area contributed by atoms with Gasteiger partial charge in [0, 0.05) is 23.3 Å². The highest BCUT2D eigenvalue weighted by Crippen LogP contribution is 2.26. The van der Waals surface area contributed by atoms with Crippen molar-refractivity contribution in [2.75, 3.05) is 12.9 Å². The molecule has 2 aromatic carbocycles. The highest BCUT2D eigenvalue weighted by atomic mass is 32.2. The molecule has 1 heterocycles. The first-order valence-corrected chi connectivity index (χ1v) is 9.04. The quantitative estimate of drug-likeness (QED) is 0.326. The fourth-order valence-corrected chi connectivity index (χ4v) is 3.01. The number of hydrogen-bond acceptors (Lipinski definition) is 6. The maximum atomic E-state index is 12.9. The normalized spacial score (nSPS) is 10.7. The lowest BCUT2D eigenvalue weighted by atomic mass is 10.1. The number of carbonyl (C=O) groups is 1. The van der Waals surface area contributed by atoms with Crippen molar-refractivity contribution in [1.82, 2.24) is 10.2 Å². The summed E-state index contributed by atoms with van der Waals surface area (Å²) in [5.41, 5.74) is 1.31. The summed E-state index contributed by atoms with van der Waals surface area (Å²) >= 11 is 1.40. The maximum Gasteiger partial charge on any atom is 0.276 e. The van der Waals surface area contributed by atoms with E-state index in [1.54, 1.807) is 7.11 Å². The van der Waals surface area contributed by atoms with Gasteiger partial charge in [0.2, 0.25) is 5.89 Å². The molecule has 0 fully saturated rings. The van der Waals surface area contributed by atoms with Crippen molar-refractivity contribution < 1.29 is 18.3 Å². The van der Waals surface area contributed by atoms with E-state index in [-0.39, 0.29) is 11.6 Å². The Morgan fingerprint density at radius 2 is 2.00 bits per heavy atom. The molecule has 0 bridgehead atoms. The van der Waals surface area contributed by atoms with E-state index in [2.05, 4.69) is 10.2 Å². The first-order chi connectivity index (χ1) is 12.7. The second-order valence-corrected chi connectivity index (χ2v) is 6.53. The lowest BCUT2D eigenvalue weighted by molar-refractivity contribution is 0.0982. The van der Waals surface area contributed by atoms with Crippen LogP contribution < -0.4 is 4.74 Å². The van der Waals surface area contributed by atoms with Crippen LogP contribution in [0.25, 0.3) is 11.5 Å². The number of carbonyl (C=O) groups excluding carboxylic acids is 1. The van der Waals surface area contributed by atoms with Crippen LogP contribution in [0.4, 0.5) is 4.39 Å². The number of Topliss-reactive ketones (excluding diaryl/α,β-unsaturated/α-hetero) is 1. The Hall–Kier alpha value is -2.67. The van der Waals surface area contributed by atoms with Crippen LogP contribution in [0.3, 0.4) is 0 Å². The van der Waals surface area contributed by atoms with Crippen molar-refractivity contribution in [3.8, 4) is 17.2 Å². The number of ketones is 1. The lowest BCUT2D eigenvalue weighted by Gasteiger charge is -2.01. The summed E-state index contributed by atoms with van der Waals surface area (Å²) < 4.78 is 23.7. The molecule has 0 aliphatic rings. The zero-order chi connectivity index (χ0) is 18.4. The Kier molecular flexibility index (Phi) is 6.01. The monoisotopic (exact) mass is 372 g/mol. The van der Waals surface area contributed by atoms with Crippen LogP contribution in [0.5, 0.6) is 5.75 Å². The number of nitrogens with zero attached hydrogens (tertiary/aromatic N) is 2. The van der Waals surface area contributed by atoms with E-state index in [0.717, 1.165) is 5.56 Å². The molecular weight excluding hydrogens is 355 g/mol. The van der Waals surface area contributed by atoms with Gasteiger partial charge in [0.15, 0.2) is 5.78 Å². The van der Waals surface area contributed by atoms with Crippen LogP contribution in [-0.2, 0) is 0 Å². The topological polar surface area (TPSA) is 65.2 Å².